The Morgan fingerprint density at radius 1 is 0.788 bits per heavy atom. The number of rotatable bonds is 6. The first-order valence-electron chi connectivity index (χ1n) is 11.0. The molecule has 1 saturated heterocycles. The Labute approximate surface area is 194 Å². The van der Waals surface area contributed by atoms with Gasteiger partial charge in [0.25, 0.3) is 5.91 Å². The molecule has 0 radical (unpaired) electrons. The molecule has 0 aliphatic carbocycles. The third kappa shape index (κ3) is 5.17. The van der Waals surface area contributed by atoms with E-state index in [0.29, 0.717) is 38.2 Å². The Balaban J connectivity index is 1.38. The topological polar surface area (TPSA) is 59.1 Å². The van der Waals surface area contributed by atoms with E-state index in [1.54, 1.807) is 14.2 Å². The van der Waals surface area contributed by atoms with Crippen LogP contribution in [0.15, 0.2) is 72.8 Å². The number of carbonyl (C=O) groups excluding carboxylic acids is 2. The van der Waals surface area contributed by atoms with E-state index in [1.165, 1.54) is 0 Å². The first kappa shape index (κ1) is 22.4. The minimum atomic E-state index is -0.0194. The van der Waals surface area contributed by atoms with Crippen LogP contribution in [0, 0.1) is 0 Å². The van der Waals surface area contributed by atoms with Crippen molar-refractivity contribution in [3.63, 3.8) is 0 Å². The van der Waals surface area contributed by atoms with E-state index < -0.39 is 0 Å². The molecule has 33 heavy (non-hydrogen) atoms. The smallest absolute Gasteiger partial charge is 0.253 e. The molecule has 4 rings (SSSR count). The third-order valence-electron chi connectivity index (χ3n) is 5.96. The third-order valence-corrected chi connectivity index (χ3v) is 5.96. The number of methoxy groups -OCH3 is 2. The van der Waals surface area contributed by atoms with Gasteiger partial charge in [0.15, 0.2) is 0 Å². The molecule has 0 saturated carbocycles. The summed E-state index contributed by atoms with van der Waals surface area (Å²) in [5.41, 5.74) is 3.47. The van der Waals surface area contributed by atoms with Gasteiger partial charge in [-0.25, -0.2) is 0 Å². The highest BCUT2D eigenvalue weighted by Gasteiger charge is 2.25. The number of nitrogens with zero attached hydrogens (tertiary/aromatic N) is 2. The summed E-state index contributed by atoms with van der Waals surface area (Å²) >= 11 is 0. The van der Waals surface area contributed by atoms with Crippen molar-refractivity contribution in [1.82, 2.24) is 9.80 Å². The van der Waals surface area contributed by atoms with Gasteiger partial charge in [-0.3, -0.25) is 9.59 Å². The first-order chi connectivity index (χ1) is 16.1. The number of amides is 2. The number of para-hydroxylation sites is 1. The van der Waals surface area contributed by atoms with E-state index in [-0.39, 0.29) is 11.8 Å². The number of benzene rings is 3. The van der Waals surface area contributed by atoms with Crippen molar-refractivity contribution in [1.29, 1.82) is 0 Å². The number of ether oxygens (including phenoxy) is 2. The minimum Gasteiger partial charge on any atom is -0.497 e. The summed E-state index contributed by atoms with van der Waals surface area (Å²) in [4.78, 5) is 29.5. The van der Waals surface area contributed by atoms with Crippen LogP contribution in [0.5, 0.6) is 11.5 Å². The lowest BCUT2D eigenvalue weighted by molar-refractivity contribution is -0.131. The molecule has 0 N–H and O–H groups in total. The van der Waals surface area contributed by atoms with Crippen molar-refractivity contribution in [3.8, 4) is 22.6 Å². The molecule has 0 bridgehead atoms. The van der Waals surface area contributed by atoms with Crippen LogP contribution in [0.3, 0.4) is 0 Å². The first-order valence-corrected chi connectivity index (χ1v) is 11.0. The molecule has 1 heterocycles. The number of carbonyl (C=O) groups is 2. The Bertz CT molecular complexity index is 1120. The van der Waals surface area contributed by atoms with Gasteiger partial charge in [-0.1, -0.05) is 42.5 Å². The highest BCUT2D eigenvalue weighted by molar-refractivity contribution is 5.96. The fourth-order valence-corrected chi connectivity index (χ4v) is 4.07. The van der Waals surface area contributed by atoms with E-state index in [2.05, 4.69) is 0 Å². The summed E-state index contributed by atoms with van der Waals surface area (Å²) in [6.07, 6.45) is 0.346. The van der Waals surface area contributed by atoms with Gasteiger partial charge in [0.1, 0.15) is 11.5 Å². The van der Waals surface area contributed by atoms with Crippen LogP contribution in [0.4, 0.5) is 0 Å². The Kier molecular flexibility index (Phi) is 6.93. The summed E-state index contributed by atoms with van der Waals surface area (Å²) in [5.74, 6) is 1.60. The second kappa shape index (κ2) is 10.2. The van der Waals surface area contributed by atoms with Gasteiger partial charge in [0.2, 0.25) is 5.91 Å². The molecule has 1 aliphatic rings. The zero-order chi connectivity index (χ0) is 23.2. The van der Waals surface area contributed by atoms with Gasteiger partial charge in [-0.2, -0.15) is 0 Å². The van der Waals surface area contributed by atoms with Crippen molar-refractivity contribution >= 4 is 11.8 Å². The second-order valence-electron chi connectivity index (χ2n) is 7.98. The number of hydrogen-bond acceptors (Lipinski definition) is 4. The molecular weight excluding hydrogens is 416 g/mol. The molecular formula is C27H28N2O4. The zero-order valence-electron chi connectivity index (χ0n) is 19.0. The SMILES string of the molecule is COc1ccc(CC(=O)N2CCN(C(=O)c3cccc(-c4ccccc4OC)c3)CC2)cc1. The van der Waals surface area contributed by atoms with E-state index in [4.69, 9.17) is 9.47 Å². The van der Waals surface area contributed by atoms with Crippen molar-refractivity contribution in [2.24, 2.45) is 0 Å². The molecule has 1 fully saturated rings. The Morgan fingerprint density at radius 3 is 2.18 bits per heavy atom. The maximum absolute atomic E-state index is 13.1. The fourth-order valence-electron chi connectivity index (χ4n) is 4.07. The van der Waals surface area contributed by atoms with Crippen molar-refractivity contribution in [2.45, 2.75) is 6.42 Å². The average molecular weight is 445 g/mol. The van der Waals surface area contributed by atoms with E-state index >= 15 is 0 Å². The van der Waals surface area contributed by atoms with E-state index in [1.807, 2.05) is 82.6 Å². The fraction of sp³-hybridized carbons (Fsp3) is 0.259. The maximum Gasteiger partial charge on any atom is 0.253 e. The molecule has 0 unspecified atom stereocenters. The minimum absolute atomic E-state index is 0.0194. The van der Waals surface area contributed by atoms with E-state index in [9.17, 15) is 9.59 Å². The Hall–Kier alpha value is -3.80. The molecule has 170 valence electrons. The predicted molar refractivity (Wildman–Crippen MR) is 128 cm³/mol. The molecule has 0 spiro atoms. The zero-order valence-corrected chi connectivity index (χ0v) is 19.0. The summed E-state index contributed by atoms with van der Waals surface area (Å²) in [5, 5.41) is 0. The molecule has 6 heteroatoms. The van der Waals surface area contributed by atoms with Gasteiger partial charge in [-0.15, -0.1) is 0 Å². The highest BCUT2D eigenvalue weighted by atomic mass is 16.5. The van der Waals surface area contributed by atoms with E-state index in [0.717, 1.165) is 28.2 Å². The largest absolute Gasteiger partial charge is 0.497 e. The summed E-state index contributed by atoms with van der Waals surface area (Å²) < 4.78 is 10.6. The normalized spacial score (nSPS) is 13.5. The molecule has 1 aliphatic heterocycles. The molecule has 2 amide bonds. The van der Waals surface area contributed by atoms with Crippen LogP contribution in [0.25, 0.3) is 11.1 Å². The molecule has 0 aromatic heterocycles. The lowest BCUT2D eigenvalue weighted by atomic mass is 10.0. The number of piperazine rings is 1. The van der Waals surface area contributed by atoms with Crippen LogP contribution >= 0.6 is 0 Å². The molecule has 6 nitrogen and oxygen atoms in total. The monoisotopic (exact) mass is 444 g/mol. The lowest BCUT2D eigenvalue weighted by Gasteiger charge is -2.35. The summed E-state index contributed by atoms with van der Waals surface area (Å²) in [7, 11) is 3.26. The van der Waals surface area contributed by atoms with Crippen LogP contribution < -0.4 is 9.47 Å². The standard InChI is InChI=1S/C27H28N2O4/c1-32-23-12-10-20(11-13-23)18-26(30)28-14-16-29(17-15-28)27(31)22-7-5-6-21(19-22)24-8-3-4-9-25(24)33-2/h3-13,19H,14-18H2,1-2H3. The van der Waals surface area contributed by atoms with Crippen LogP contribution in [-0.2, 0) is 11.2 Å². The summed E-state index contributed by atoms with van der Waals surface area (Å²) in [6, 6.07) is 22.9. The van der Waals surface area contributed by atoms with Crippen molar-refractivity contribution in [3.05, 3.63) is 83.9 Å². The predicted octanol–water partition coefficient (Wildman–Crippen LogP) is 3.90. The maximum atomic E-state index is 13.1. The van der Waals surface area contributed by atoms with Gasteiger partial charge < -0.3 is 19.3 Å². The number of hydrogen-bond donors (Lipinski definition) is 0. The van der Waals surface area contributed by atoms with Gasteiger partial charge in [0.05, 0.1) is 20.6 Å². The molecule has 3 aromatic rings. The van der Waals surface area contributed by atoms with Crippen LogP contribution in [0.2, 0.25) is 0 Å². The molecule has 0 atom stereocenters. The van der Waals surface area contributed by atoms with Crippen molar-refractivity contribution < 1.29 is 19.1 Å². The lowest BCUT2D eigenvalue weighted by Crippen LogP contribution is -2.51. The van der Waals surface area contributed by atoms with Gasteiger partial charge in [-0.05, 0) is 41.5 Å². The van der Waals surface area contributed by atoms with Crippen LogP contribution in [-0.4, -0.2) is 62.0 Å². The highest BCUT2D eigenvalue weighted by Crippen LogP contribution is 2.30. The quantitative estimate of drug-likeness (QED) is 0.579. The second-order valence-corrected chi connectivity index (χ2v) is 7.98. The molecule has 3 aromatic carbocycles. The van der Waals surface area contributed by atoms with Gasteiger partial charge >= 0.3 is 0 Å². The van der Waals surface area contributed by atoms with Crippen LogP contribution in [0.1, 0.15) is 15.9 Å². The Morgan fingerprint density at radius 2 is 1.48 bits per heavy atom. The average Bonchev–Trinajstić information content (AvgIpc) is 2.88. The van der Waals surface area contributed by atoms with Gasteiger partial charge in [0, 0.05) is 37.3 Å². The summed E-state index contributed by atoms with van der Waals surface area (Å²) in [6.45, 7) is 2.11. The van der Waals surface area contributed by atoms with Crippen molar-refractivity contribution in [2.75, 3.05) is 40.4 Å².